The molecule has 0 aromatic carbocycles. The highest BCUT2D eigenvalue weighted by molar-refractivity contribution is 7.71. The standard InChI is InChI=1S/C11H15NS/c1-8-10-6-4-2-3-5-9(10)7-11(13)12-8/h7H,2-6H2,1H3,(H,12,13). The van der Waals surface area contributed by atoms with Crippen molar-refractivity contribution in [1.29, 1.82) is 0 Å². The molecule has 0 aliphatic heterocycles. The minimum atomic E-state index is 0.887. The van der Waals surface area contributed by atoms with Crippen LogP contribution in [-0.2, 0) is 12.8 Å². The number of rotatable bonds is 0. The molecule has 13 heavy (non-hydrogen) atoms. The van der Waals surface area contributed by atoms with E-state index in [4.69, 9.17) is 12.2 Å². The molecule has 1 aromatic rings. The molecule has 1 nitrogen and oxygen atoms in total. The van der Waals surface area contributed by atoms with Gasteiger partial charge in [-0.05, 0) is 49.8 Å². The largest absolute Gasteiger partial charge is 0.350 e. The van der Waals surface area contributed by atoms with Crippen LogP contribution >= 0.6 is 12.2 Å². The third kappa shape index (κ3) is 1.83. The first-order valence-corrected chi connectivity index (χ1v) is 5.40. The van der Waals surface area contributed by atoms with Crippen LogP contribution in [0.3, 0.4) is 0 Å². The van der Waals surface area contributed by atoms with E-state index in [1.54, 1.807) is 0 Å². The van der Waals surface area contributed by atoms with E-state index in [1.807, 2.05) is 0 Å². The molecule has 0 radical (unpaired) electrons. The summed E-state index contributed by atoms with van der Waals surface area (Å²) in [6.07, 6.45) is 6.46. The van der Waals surface area contributed by atoms with E-state index in [0.29, 0.717) is 0 Å². The molecule has 1 heterocycles. The molecule has 2 rings (SSSR count). The summed E-state index contributed by atoms with van der Waals surface area (Å²) in [7, 11) is 0. The minimum Gasteiger partial charge on any atom is -0.350 e. The highest BCUT2D eigenvalue weighted by atomic mass is 32.1. The quantitative estimate of drug-likeness (QED) is 0.493. The lowest BCUT2D eigenvalue weighted by molar-refractivity contribution is 0.711. The Morgan fingerprint density at radius 2 is 2.00 bits per heavy atom. The monoisotopic (exact) mass is 193 g/mol. The van der Waals surface area contributed by atoms with E-state index in [2.05, 4.69) is 18.0 Å². The molecule has 0 unspecified atom stereocenters. The molecule has 1 aromatic heterocycles. The van der Waals surface area contributed by atoms with Gasteiger partial charge in [0.1, 0.15) is 4.64 Å². The summed E-state index contributed by atoms with van der Waals surface area (Å²) in [5, 5.41) is 0. The van der Waals surface area contributed by atoms with E-state index in [-0.39, 0.29) is 0 Å². The molecule has 70 valence electrons. The van der Waals surface area contributed by atoms with E-state index in [9.17, 15) is 0 Å². The van der Waals surface area contributed by atoms with Gasteiger partial charge in [-0.2, -0.15) is 0 Å². The topological polar surface area (TPSA) is 15.8 Å². The number of hydrogen-bond donors (Lipinski definition) is 1. The first-order valence-electron chi connectivity index (χ1n) is 4.99. The van der Waals surface area contributed by atoms with Crippen LogP contribution in [0.2, 0.25) is 0 Å². The van der Waals surface area contributed by atoms with Gasteiger partial charge in [0.15, 0.2) is 0 Å². The van der Waals surface area contributed by atoms with Crippen LogP contribution in [-0.4, -0.2) is 4.98 Å². The molecule has 0 atom stereocenters. The lowest BCUT2D eigenvalue weighted by Gasteiger charge is -2.08. The second-order valence-corrected chi connectivity index (χ2v) is 4.26. The minimum absolute atomic E-state index is 0.887. The highest BCUT2D eigenvalue weighted by Gasteiger charge is 2.09. The third-order valence-electron chi connectivity index (χ3n) is 2.83. The van der Waals surface area contributed by atoms with Crippen LogP contribution in [0.4, 0.5) is 0 Å². The molecule has 0 saturated carbocycles. The second kappa shape index (κ2) is 3.62. The van der Waals surface area contributed by atoms with Crippen molar-refractivity contribution in [3.05, 3.63) is 27.5 Å². The van der Waals surface area contributed by atoms with Gasteiger partial charge in [-0.15, -0.1) is 0 Å². The van der Waals surface area contributed by atoms with Gasteiger partial charge in [-0.25, -0.2) is 0 Å². The Morgan fingerprint density at radius 1 is 1.23 bits per heavy atom. The number of aryl methyl sites for hydroxylation is 2. The van der Waals surface area contributed by atoms with Gasteiger partial charge in [0.25, 0.3) is 0 Å². The Balaban J connectivity index is 2.53. The summed E-state index contributed by atoms with van der Waals surface area (Å²) in [5.74, 6) is 0. The fourth-order valence-electron chi connectivity index (χ4n) is 2.15. The van der Waals surface area contributed by atoms with Crippen LogP contribution < -0.4 is 0 Å². The average Bonchev–Trinajstić information content (AvgIpc) is 2.28. The van der Waals surface area contributed by atoms with E-state index >= 15 is 0 Å². The second-order valence-electron chi connectivity index (χ2n) is 3.82. The van der Waals surface area contributed by atoms with Crippen LogP contribution in [0, 0.1) is 11.6 Å². The highest BCUT2D eigenvalue weighted by Crippen LogP contribution is 2.22. The smallest absolute Gasteiger partial charge is 0.103 e. The number of H-pyrrole nitrogens is 1. The third-order valence-corrected chi connectivity index (χ3v) is 3.05. The Bertz CT molecular complexity index is 365. The maximum absolute atomic E-state index is 5.17. The maximum Gasteiger partial charge on any atom is 0.103 e. The van der Waals surface area contributed by atoms with Crippen LogP contribution in [0.1, 0.15) is 36.1 Å². The number of fused-ring (bicyclic) bond motifs is 1. The average molecular weight is 193 g/mol. The van der Waals surface area contributed by atoms with Crippen molar-refractivity contribution < 1.29 is 0 Å². The van der Waals surface area contributed by atoms with Gasteiger partial charge in [0.05, 0.1) is 0 Å². The van der Waals surface area contributed by atoms with Crippen LogP contribution in [0.15, 0.2) is 6.07 Å². The van der Waals surface area contributed by atoms with Crippen LogP contribution in [0.25, 0.3) is 0 Å². The zero-order valence-corrected chi connectivity index (χ0v) is 8.84. The van der Waals surface area contributed by atoms with E-state index in [1.165, 1.54) is 48.9 Å². The lowest BCUT2D eigenvalue weighted by atomic mass is 10.0. The van der Waals surface area contributed by atoms with Crippen molar-refractivity contribution >= 4 is 12.2 Å². The fraction of sp³-hybridized carbons (Fsp3) is 0.545. The van der Waals surface area contributed by atoms with Crippen LogP contribution in [0.5, 0.6) is 0 Å². The maximum atomic E-state index is 5.17. The molecule has 1 N–H and O–H groups in total. The van der Waals surface area contributed by atoms with Crippen molar-refractivity contribution in [2.45, 2.75) is 39.0 Å². The van der Waals surface area contributed by atoms with Crippen molar-refractivity contribution in [1.82, 2.24) is 4.98 Å². The Morgan fingerprint density at radius 3 is 2.85 bits per heavy atom. The summed E-state index contributed by atoms with van der Waals surface area (Å²) in [4.78, 5) is 3.24. The van der Waals surface area contributed by atoms with Crippen molar-refractivity contribution in [3.8, 4) is 0 Å². The number of aromatic amines is 1. The number of pyridine rings is 1. The SMILES string of the molecule is Cc1[nH]c(=S)cc2c1CCCCC2. The first-order chi connectivity index (χ1) is 6.27. The molecular weight excluding hydrogens is 178 g/mol. The molecule has 0 bridgehead atoms. The van der Waals surface area contributed by atoms with Gasteiger partial charge in [-0.3, -0.25) is 0 Å². The summed E-state index contributed by atoms with van der Waals surface area (Å²) >= 11 is 5.17. The predicted octanol–water partition coefficient (Wildman–Crippen LogP) is 3.32. The van der Waals surface area contributed by atoms with Gasteiger partial charge in [0, 0.05) is 5.69 Å². The van der Waals surface area contributed by atoms with E-state index in [0.717, 1.165) is 4.64 Å². The van der Waals surface area contributed by atoms with E-state index < -0.39 is 0 Å². The summed E-state index contributed by atoms with van der Waals surface area (Å²) in [6.45, 7) is 2.14. The van der Waals surface area contributed by atoms with Gasteiger partial charge >= 0.3 is 0 Å². The number of nitrogens with one attached hydrogen (secondary N) is 1. The first kappa shape index (κ1) is 8.95. The molecule has 1 aliphatic rings. The molecule has 1 aliphatic carbocycles. The molecule has 0 fully saturated rings. The van der Waals surface area contributed by atoms with Crippen molar-refractivity contribution in [2.24, 2.45) is 0 Å². The van der Waals surface area contributed by atoms with Crippen molar-refractivity contribution in [2.75, 3.05) is 0 Å². The Hall–Kier alpha value is -0.630. The Labute approximate surface area is 84.2 Å². The normalized spacial score (nSPS) is 16.4. The molecule has 0 spiro atoms. The van der Waals surface area contributed by atoms with Crippen molar-refractivity contribution in [3.63, 3.8) is 0 Å². The summed E-state index contributed by atoms with van der Waals surface area (Å²) in [5.41, 5.74) is 4.29. The molecular formula is C11H15NS. The predicted molar refractivity (Wildman–Crippen MR) is 57.6 cm³/mol. The van der Waals surface area contributed by atoms with Gasteiger partial charge in [-0.1, -0.05) is 18.6 Å². The molecule has 0 saturated heterocycles. The summed E-state index contributed by atoms with van der Waals surface area (Å²) in [6, 6.07) is 2.14. The Kier molecular flexibility index (Phi) is 2.49. The number of hydrogen-bond acceptors (Lipinski definition) is 1. The molecule has 0 amide bonds. The molecule has 2 heteroatoms. The van der Waals surface area contributed by atoms with Gasteiger partial charge < -0.3 is 4.98 Å². The van der Waals surface area contributed by atoms with Gasteiger partial charge in [0.2, 0.25) is 0 Å². The summed E-state index contributed by atoms with van der Waals surface area (Å²) < 4.78 is 0.887. The number of aromatic nitrogens is 1. The fourth-order valence-corrected chi connectivity index (χ4v) is 2.44. The zero-order valence-electron chi connectivity index (χ0n) is 8.02. The zero-order chi connectivity index (χ0) is 9.26. The lowest BCUT2D eigenvalue weighted by Crippen LogP contribution is -1.97.